The number of pyridine rings is 1. The zero-order chi connectivity index (χ0) is 20.0. The van der Waals surface area contributed by atoms with E-state index in [0.717, 1.165) is 42.7 Å². The molecule has 7 heteroatoms. The summed E-state index contributed by atoms with van der Waals surface area (Å²) in [4.78, 5) is 4.64. The third-order valence-corrected chi connectivity index (χ3v) is 4.83. The number of hydrogen-bond acceptors (Lipinski definition) is 5. The van der Waals surface area contributed by atoms with Crippen LogP contribution in [-0.4, -0.2) is 32.8 Å². The van der Waals surface area contributed by atoms with E-state index in [4.69, 9.17) is 4.74 Å². The molecule has 0 bridgehead atoms. The normalized spacial score (nSPS) is 11.4. The third kappa shape index (κ3) is 5.85. The van der Waals surface area contributed by atoms with Crippen LogP contribution in [0.3, 0.4) is 0 Å². The first-order valence-electron chi connectivity index (χ1n) is 9.22. The van der Waals surface area contributed by atoms with Crippen molar-refractivity contribution in [1.29, 1.82) is 0 Å². The fourth-order valence-electron chi connectivity index (χ4n) is 2.91. The number of aromatic nitrogens is 1. The second-order valence-electron chi connectivity index (χ2n) is 6.72. The zero-order valence-electron chi connectivity index (χ0n) is 16.1. The first kappa shape index (κ1) is 19.9. The summed E-state index contributed by atoms with van der Waals surface area (Å²) in [5.74, 6) is 1.62. The lowest BCUT2D eigenvalue weighted by Crippen LogP contribution is -2.09. The quantitative estimate of drug-likeness (QED) is 0.528. The Morgan fingerprint density at radius 3 is 2.54 bits per heavy atom. The van der Waals surface area contributed by atoms with Crippen molar-refractivity contribution in [3.05, 3.63) is 60.2 Å². The van der Waals surface area contributed by atoms with Gasteiger partial charge in [-0.05, 0) is 61.7 Å². The fourth-order valence-corrected chi connectivity index (χ4v) is 3.47. The lowest BCUT2D eigenvalue weighted by atomic mass is 10.1. The van der Waals surface area contributed by atoms with Gasteiger partial charge in [0.05, 0.1) is 18.4 Å². The molecular weight excluding hydrogens is 374 g/mol. The van der Waals surface area contributed by atoms with Gasteiger partial charge in [0.1, 0.15) is 11.6 Å². The van der Waals surface area contributed by atoms with Crippen LogP contribution in [0.25, 0.3) is 10.9 Å². The van der Waals surface area contributed by atoms with E-state index >= 15 is 0 Å². The molecule has 1 aromatic heterocycles. The molecular formula is C21H25N3O3S. The lowest BCUT2D eigenvalue weighted by Gasteiger charge is -2.10. The van der Waals surface area contributed by atoms with Crippen LogP contribution >= 0.6 is 0 Å². The number of aryl methyl sites for hydroxylation is 1. The van der Waals surface area contributed by atoms with E-state index in [1.807, 2.05) is 18.2 Å². The minimum atomic E-state index is -3.26. The van der Waals surface area contributed by atoms with Gasteiger partial charge in [0.25, 0.3) is 0 Å². The Hall–Kier alpha value is -2.80. The largest absolute Gasteiger partial charge is 0.494 e. The van der Waals surface area contributed by atoms with Crippen LogP contribution in [0, 0.1) is 6.92 Å². The van der Waals surface area contributed by atoms with Gasteiger partial charge in [-0.15, -0.1) is 0 Å². The number of sulfonamides is 1. The Balaban J connectivity index is 1.39. The number of ether oxygens (including phenoxy) is 1. The molecule has 2 N–H and O–H groups in total. The van der Waals surface area contributed by atoms with Crippen molar-refractivity contribution in [1.82, 2.24) is 4.98 Å². The highest BCUT2D eigenvalue weighted by Crippen LogP contribution is 2.20. The second-order valence-corrected chi connectivity index (χ2v) is 8.47. The first-order chi connectivity index (χ1) is 13.4. The average Bonchev–Trinajstić information content (AvgIpc) is 2.65. The number of para-hydroxylation sites is 1. The van der Waals surface area contributed by atoms with Crippen molar-refractivity contribution in [3.8, 4) is 5.75 Å². The Morgan fingerprint density at radius 1 is 1.04 bits per heavy atom. The van der Waals surface area contributed by atoms with E-state index in [-0.39, 0.29) is 0 Å². The second kappa shape index (κ2) is 8.93. The summed E-state index contributed by atoms with van der Waals surface area (Å²) in [7, 11) is -3.26. The number of benzene rings is 2. The van der Waals surface area contributed by atoms with Crippen LogP contribution in [0.4, 0.5) is 11.5 Å². The highest BCUT2D eigenvalue weighted by atomic mass is 32.2. The summed E-state index contributed by atoms with van der Waals surface area (Å²) in [5.41, 5.74) is 2.74. The van der Waals surface area contributed by atoms with Gasteiger partial charge in [-0.2, -0.15) is 0 Å². The summed E-state index contributed by atoms with van der Waals surface area (Å²) in [5, 5.41) is 4.55. The van der Waals surface area contributed by atoms with Gasteiger partial charge in [0, 0.05) is 17.6 Å². The Labute approximate surface area is 166 Å². The molecule has 1 heterocycles. The molecule has 0 aliphatic carbocycles. The van der Waals surface area contributed by atoms with Gasteiger partial charge in [-0.3, -0.25) is 4.72 Å². The molecule has 2 aromatic carbocycles. The van der Waals surface area contributed by atoms with Crippen molar-refractivity contribution in [2.24, 2.45) is 0 Å². The molecule has 3 rings (SSSR count). The van der Waals surface area contributed by atoms with Crippen molar-refractivity contribution < 1.29 is 13.2 Å². The predicted molar refractivity (Wildman–Crippen MR) is 115 cm³/mol. The summed E-state index contributed by atoms with van der Waals surface area (Å²) in [6.45, 7) is 3.52. The smallest absolute Gasteiger partial charge is 0.229 e. The Kier molecular flexibility index (Phi) is 6.36. The molecule has 0 saturated heterocycles. The van der Waals surface area contributed by atoms with Gasteiger partial charge in [-0.25, -0.2) is 13.4 Å². The zero-order valence-corrected chi connectivity index (χ0v) is 16.9. The van der Waals surface area contributed by atoms with Gasteiger partial charge in [-0.1, -0.05) is 18.2 Å². The van der Waals surface area contributed by atoms with Gasteiger partial charge in [0.15, 0.2) is 0 Å². The molecule has 0 unspecified atom stereocenters. The van der Waals surface area contributed by atoms with Crippen LogP contribution in [0.1, 0.15) is 18.4 Å². The fraction of sp³-hybridized carbons (Fsp3) is 0.286. The van der Waals surface area contributed by atoms with Crippen molar-refractivity contribution in [2.75, 3.05) is 29.4 Å². The number of nitrogens with zero attached hydrogens (tertiary/aromatic N) is 1. The molecule has 0 aliphatic rings. The van der Waals surface area contributed by atoms with Crippen LogP contribution in [0.5, 0.6) is 5.75 Å². The molecule has 0 atom stereocenters. The average molecular weight is 400 g/mol. The van der Waals surface area contributed by atoms with Crippen LogP contribution in [0.2, 0.25) is 0 Å². The van der Waals surface area contributed by atoms with Gasteiger partial charge < -0.3 is 10.1 Å². The minimum absolute atomic E-state index is 0.525. The molecule has 0 amide bonds. The van der Waals surface area contributed by atoms with E-state index in [1.165, 1.54) is 10.9 Å². The number of nitrogens with one attached hydrogen (secondary N) is 2. The van der Waals surface area contributed by atoms with E-state index in [9.17, 15) is 8.42 Å². The molecule has 0 radical (unpaired) electrons. The molecule has 0 fully saturated rings. The maximum atomic E-state index is 11.2. The van der Waals surface area contributed by atoms with E-state index in [2.05, 4.69) is 34.1 Å². The Bertz CT molecular complexity index is 1030. The number of rotatable bonds is 9. The predicted octanol–water partition coefficient (Wildman–Crippen LogP) is 4.19. The maximum Gasteiger partial charge on any atom is 0.229 e. The van der Waals surface area contributed by atoms with Gasteiger partial charge >= 0.3 is 0 Å². The Morgan fingerprint density at radius 2 is 1.79 bits per heavy atom. The summed E-state index contributed by atoms with van der Waals surface area (Å²) in [6.07, 6.45) is 2.99. The monoisotopic (exact) mass is 399 g/mol. The van der Waals surface area contributed by atoms with Crippen molar-refractivity contribution in [2.45, 2.75) is 19.8 Å². The summed E-state index contributed by atoms with van der Waals surface area (Å²) in [6, 6.07) is 17.1. The van der Waals surface area contributed by atoms with Crippen LogP contribution < -0.4 is 14.8 Å². The highest BCUT2D eigenvalue weighted by molar-refractivity contribution is 7.92. The number of hydrogen-bond donors (Lipinski definition) is 2. The van der Waals surface area contributed by atoms with Crippen LogP contribution in [0.15, 0.2) is 54.6 Å². The number of anilines is 2. The highest BCUT2D eigenvalue weighted by Gasteiger charge is 2.03. The van der Waals surface area contributed by atoms with Crippen LogP contribution in [-0.2, 0) is 10.0 Å². The molecule has 0 aliphatic heterocycles. The van der Waals surface area contributed by atoms with Crippen molar-refractivity contribution >= 4 is 32.4 Å². The molecule has 3 aromatic rings. The summed E-state index contributed by atoms with van der Waals surface area (Å²) < 4.78 is 30.5. The van der Waals surface area contributed by atoms with E-state index < -0.39 is 10.0 Å². The molecule has 6 nitrogen and oxygen atoms in total. The standard InChI is InChI=1S/C21H25N3O3S/c1-16-15-21(23-20-8-4-3-7-19(16)20)22-13-5-6-14-27-18-11-9-17(10-12-18)24-28(2,25)26/h3-4,7-12,15,24H,5-6,13-14H2,1-2H3,(H,22,23). The van der Waals surface area contributed by atoms with E-state index in [1.54, 1.807) is 24.3 Å². The van der Waals surface area contributed by atoms with Crippen molar-refractivity contribution in [3.63, 3.8) is 0 Å². The summed E-state index contributed by atoms with van der Waals surface area (Å²) >= 11 is 0. The SMILES string of the molecule is Cc1cc(NCCCCOc2ccc(NS(C)(=O)=O)cc2)nc2ccccc12. The third-order valence-electron chi connectivity index (χ3n) is 4.23. The molecule has 0 spiro atoms. The van der Waals surface area contributed by atoms with Gasteiger partial charge in [0.2, 0.25) is 10.0 Å². The minimum Gasteiger partial charge on any atom is -0.494 e. The number of unbranched alkanes of at least 4 members (excludes halogenated alkanes) is 1. The lowest BCUT2D eigenvalue weighted by molar-refractivity contribution is 0.308. The molecule has 0 saturated carbocycles. The maximum absolute atomic E-state index is 11.2. The number of fused-ring (bicyclic) bond motifs is 1. The molecule has 28 heavy (non-hydrogen) atoms. The molecule has 148 valence electrons. The van der Waals surface area contributed by atoms with E-state index in [0.29, 0.717) is 12.3 Å². The topological polar surface area (TPSA) is 80.3 Å². The first-order valence-corrected chi connectivity index (χ1v) is 11.1.